The van der Waals surface area contributed by atoms with Gasteiger partial charge >= 0.3 is 0 Å². The zero-order valence-corrected chi connectivity index (χ0v) is 16.8. The molecular formula is C21H30N6O2. The number of amides is 2. The highest BCUT2D eigenvalue weighted by molar-refractivity contribution is 5.89. The van der Waals surface area contributed by atoms with Crippen molar-refractivity contribution in [3.63, 3.8) is 0 Å². The van der Waals surface area contributed by atoms with E-state index in [1.54, 1.807) is 18.6 Å². The maximum atomic E-state index is 13.3. The molecule has 0 spiro atoms. The van der Waals surface area contributed by atoms with Crippen LogP contribution in [0.25, 0.3) is 0 Å². The Morgan fingerprint density at radius 3 is 2.76 bits per heavy atom. The number of nitrogens with one attached hydrogen (secondary N) is 2. The zero-order chi connectivity index (χ0) is 19.8. The second-order valence-electron chi connectivity index (χ2n) is 8.95. The van der Waals surface area contributed by atoms with E-state index in [0.29, 0.717) is 12.3 Å². The third kappa shape index (κ3) is 3.58. The molecule has 8 heteroatoms. The van der Waals surface area contributed by atoms with Gasteiger partial charge in [-0.25, -0.2) is 4.98 Å². The zero-order valence-electron chi connectivity index (χ0n) is 16.8. The van der Waals surface area contributed by atoms with E-state index in [0.717, 1.165) is 64.1 Å². The van der Waals surface area contributed by atoms with Gasteiger partial charge in [0.2, 0.25) is 11.8 Å². The van der Waals surface area contributed by atoms with Crippen molar-refractivity contribution in [1.82, 2.24) is 25.5 Å². The van der Waals surface area contributed by atoms with Crippen molar-refractivity contribution in [1.29, 1.82) is 0 Å². The molecule has 5 heterocycles. The number of rotatable bonds is 3. The van der Waals surface area contributed by atoms with Crippen LogP contribution in [0.4, 0.5) is 5.82 Å². The molecule has 4 saturated heterocycles. The first-order valence-corrected chi connectivity index (χ1v) is 11.0. The number of anilines is 1. The summed E-state index contributed by atoms with van der Waals surface area (Å²) < 4.78 is 0. The SMILES string of the molecule is O=C(NC1CCN(c2cnccn2)CC1)[C@H]1[C@@H]2CNC[C@@H](C2)[C@@H]2CCCC(=O)N21. The van der Waals surface area contributed by atoms with Crippen LogP contribution < -0.4 is 15.5 Å². The lowest BCUT2D eigenvalue weighted by molar-refractivity contribution is -0.157. The highest BCUT2D eigenvalue weighted by Crippen LogP contribution is 2.39. The summed E-state index contributed by atoms with van der Waals surface area (Å²) in [6.07, 6.45) is 10.6. The highest BCUT2D eigenvalue weighted by atomic mass is 16.2. The monoisotopic (exact) mass is 398 g/mol. The molecule has 0 aromatic carbocycles. The Labute approximate surface area is 171 Å². The number of piperidine rings is 4. The Hall–Kier alpha value is -2.22. The third-order valence-electron chi connectivity index (χ3n) is 7.23. The van der Waals surface area contributed by atoms with Crippen LogP contribution in [0.2, 0.25) is 0 Å². The summed E-state index contributed by atoms with van der Waals surface area (Å²) in [6, 6.07) is 0.0764. The molecule has 4 atom stereocenters. The lowest BCUT2D eigenvalue weighted by Gasteiger charge is -2.54. The number of nitrogens with zero attached hydrogens (tertiary/aromatic N) is 4. The summed E-state index contributed by atoms with van der Waals surface area (Å²) in [4.78, 5) is 38.8. The van der Waals surface area contributed by atoms with Crippen molar-refractivity contribution in [3.8, 4) is 0 Å². The van der Waals surface area contributed by atoms with Crippen LogP contribution in [0, 0.1) is 11.8 Å². The lowest BCUT2D eigenvalue weighted by Crippen LogP contribution is -2.68. The molecule has 5 rings (SSSR count). The quantitative estimate of drug-likeness (QED) is 0.773. The first-order valence-electron chi connectivity index (χ1n) is 11.0. The summed E-state index contributed by atoms with van der Waals surface area (Å²) in [5, 5.41) is 6.80. The van der Waals surface area contributed by atoms with Crippen LogP contribution in [0.5, 0.6) is 0 Å². The van der Waals surface area contributed by atoms with Gasteiger partial charge in [0.1, 0.15) is 11.9 Å². The molecule has 0 saturated carbocycles. The average molecular weight is 399 g/mol. The maximum absolute atomic E-state index is 13.3. The molecule has 2 amide bonds. The molecule has 4 fully saturated rings. The summed E-state index contributed by atoms with van der Waals surface area (Å²) in [7, 11) is 0. The molecule has 4 aliphatic heterocycles. The molecule has 1 aromatic heterocycles. The predicted octanol–water partition coefficient (Wildman–Crippen LogP) is 0.551. The average Bonchev–Trinajstić information content (AvgIpc) is 2.76. The third-order valence-corrected chi connectivity index (χ3v) is 7.23. The molecule has 0 unspecified atom stereocenters. The Balaban J connectivity index is 1.25. The van der Waals surface area contributed by atoms with Crippen LogP contribution in [0.1, 0.15) is 38.5 Å². The smallest absolute Gasteiger partial charge is 0.243 e. The minimum Gasteiger partial charge on any atom is -0.355 e. The number of hydrogen-bond acceptors (Lipinski definition) is 6. The Morgan fingerprint density at radius 2 is 1.97 bits per heavy atom. The van der Waals surface area contributed by atoms with Crippen LogP contribution in [-0.2, 0) is 9.59 Å². The predicted molar refractivity (Wildman–Crippen MR) is 108 cm³/mol. The molecular weight excluding hydrogens is 368 g/mol. The first-order chi connectivity index (χ1) is 14.2. The fourth-order valence-electron chi connectivity index (χ4n) is 5.84. The van der Waals surface area contributed by atoms with Crippen molar-refractivity contribution < 1.29 is 9.59 Å². The van der Waals surface area contributed by atoms with Crippen molar-refractivity contribution >= 4 is 17.6 Å². The molecule has 1 aromatic rings. The first kappa shape index (κ1) is 18.8. The Kier molecular flexibility index (Phi) is 5.11. The minimum atomic E-state index is -0.310. The summed E-state index contributed by atoms with van der Waals surface area (Å²) in [5.74, 6) is 1.85. The van der Waals surface area contributed by atoms with Crippen molar-refractivity contribution in [2.24, 2.45) is 11.8 Å². The van der Waals surface area contributed by atoms with Gasteiger partial charge in [-0.15, -0.1) is 0 Å². The van der Waals surface area contributed by atoms with Crippen LogP contribution >= 0.6 is 0 Å². The van der Waals surface area contributed by atoms with Gasteiger partial charge in [0.15, 0.2) is 0 Å². The summed E-state index contributed by atoms with van der Waals surface area (Å²) >= 11 is 0. The summed E-state index contributed by atoms with van der Waals surface area (Å²) in [6.45, 7) is 3.51. The van der Waals surface area contributed by atoms with Gasteiger partial charge < -0.3 is 20.4 Å². The van der Waals surface area contributed by atoms with Gasteiger partial charge in [0, 0.05) is 56.5 Å². The number of carbonyl (C=O) groups is 2. The molecule has 2 bridgehead atoms. The van der Waals surface area contributed by atoms with Gasteiger partial charge in [-0.2, -0.15) is 0 Å². The van der Waals surface area contributed by atoms with E-state index >= 15 is 0 Å². The Bertz CT molecular complexity index is 751. The van der Waals surface area contributed by atoms with Crippen molar-refractivity contribution in [2.45, 2.75) is 56.7 Å². The second-order valence-corrected chi connectivity index (χ2v) is 8.95. The topological polar surface area (TPSA) is 90.5 Å². The van der Waals surface area contributed by atoms with Gasteiger partial charge in [0.25, 0.3) is 0 Å². The van der Waals surface area contributed by atoms with Crippen LogP contribution in [-0.4, -0.2) is 71.0 Å². The van der Waals surface area contributed by atoms with Crippen LogP contribution in [0.3, 0.4) is 0 Å². The second kappa shape index (κ2) is 7.89. The normalized spacial score (nSPS) is 32.6. The van der Waals surface area contributed by atoms with E-state index in [4.69, 9.17) is 0 Å². The van der Waals surface area contributed by atoms with E-state index in [-0.39, 0.29) is 35.9 Å². The number of carbonyl (C=O) groups excluding carboxylic acids is 2. The van der Waals surface area contributed by atoms with Gasteiger partial charge in [-0.3, -0.25) is 14.6 Å². The number of fused-ring (bicyclic) bond motifs is 4. The van der Waals surface area contributed by atoms with Gasteiger partial charge in [-0.05, 0) is 44.6 Å². The van der Waals surface area contributed by atoms with E-state index in [1.807, 2.05) is 4.90 Å². The van der Waals surface area contributed by atoms with Crippen molar-refractivity contribution in [3.05, 3.63) is 18.6 Å². The molecule has 2 N–H and O–H groups in total. The summed E-state index contributed by atoms with van der Waals surface area (Å²) in [5.41, 5.74) is 0. The molecule has 0 aliphatic carbocycles. The minimum absolute atomic E-state index is 0.0513. The van der Waals surface area contributed by atoms with Gasteiger partial charge in [0.05, 0.1) is 6.20 Å². The fraction of sp³-hybridized carbons (Fsp3) is 0.714. The number of aromatic nitrogens is 2. The molecule has 8 nitrogen and oxygen atoms in total. The largest absolute Gasteiger partial charge is 0.355 e. The van der Waals surface area contributed by atoms with Crippen molar-refractivity contribution in [2.75, 3.05) is 31.1 Å². The molecule has 29 heavy (non-hydrogen) atoms. The van der Waals surface area contributed by atoms with E-state index in [1.165, 1.54) is 0 Å². The standard InChI is InChI=1S/C21H30N6O2/c28-19-3-1-2-17-14-10-15(12-23-11-14)20(27(17)19)21(29)25-16-4-8-26(9-5-16)18-13-22-6-7-24-18/h6-7,13-17,20,23H,1-5,8-12H2,(H,25,29)/t14-,15+,17+,20-/m1/s1. The molecule has 156 valence electrons. The fourth-order valence-corrected chi connectivity index (χ4v) is 5.84. The van der Waals surface area contributed by atoms with Crippen LogP contribution in [0.15, 0.2) is 18.6 Å². The maximum Gasteiger partial charge on any atom is 0.243 e. The highest BCUT2D eigenvalue weighted by Gasteiger charge is 2.50. The molecule has 4 aliphatic rings. The Morgan fingerprint density at radius 1 is 1.14 bits per heavy atom. The van der Waals surface area contributed by atoms with E-state index in [9.17, 15) is 9.59 Å². The van der Waals surface area contributed by atoms with Gasteiger partial charge in [-0.1, -0.05) is 0 Å². The van der Waals surface area contributed by atoms with E-state index in [2.05, 4.69) is 25.5 Å². The van der Waals surface area contributed by atoms with E-state index < -0.39 is 0 Å². The molecule has 0 radical (unpaired) electrons. The lowest BCUT2D eigenvalue weighted by atomic mass is 9.72. The number of hydrogen-bond donors (Lipinski definition) is 2.